The molecule has 0 saturated carbocycles. The number of nitrogens with zero attached hydrogens (tertiary/aromatic N) is 1. The fourth-order valence-corrected chi connectivity index (χ4v) is 2.87. The Morgan fingerprint density at radius 1 is 1.34 bits per heavy atom. The van der Waals surface area contributed by atoms with Crippen LogP contribution < -0.4 is 16.0 Å². The third-order valence-corrected chi connectivity index (χ3v) is 4.31. The van der Waals surface area contributed by atoms with E-state index in [1.807, 2.05) is 24.3 Å². The summed E-state index contributed by atoms with van der Waals surface area (Å²) in [5.74, 6) is 1.24. The third-order valence-electron chi connectivity index (χ3n) is 4.31. The van der Waals surface area contributed by atoms with E-state index in [-0.39, 0.29) is 36.0 Å². The van der Waals surface area contributed by atoms with Crippen molar-refractivity contribution in [3.63, 3.8) is 0 Å². The highest BCUT2D eigenvalue weighted by Crippen LogP contribution is 2.16. The summed E-state index contributed by atoms with van der Waals surface area (Å²) in [7, 11) is 1.75. The van der Waals surface area contributed by atoms with Crippen LogP contribution in [0.4, 0.5) is 5.69 Å². The minimum Gasteiger partial charge on any atom is -0.381 e. The number of halogens is 1. The van der Waals surface area contributed by atoms with Crippen molar-refractivity contribution in [3.05, 3.63) is 29.8 Å². The molecule has 29 heavy (non-hydrogen) atoms. The van der Waals surface area contributed by atoms with Crippen LogP contribution in [0.15, 0.2) is 29.3 Å². The second-order valence-electron chi connectivity index (χ2n) is 7.37. The Morgan fingerprint density at radius 2 is 2.17 bits per heavy atom. The van der Waals surface area contributed by atoms with Crippen LogP contribution in [0.25, 0.3) is 0 Å². The first-order valence-corrected chi connectivity index (χ1v) is 10.1. The lowest BCUT2D eigenvalue weighted by atomic mass is 10.2. The summed E-state index contributed by atoms with van der Waals surface area (Å²) in [5, 5.41) is 9.51. The summed E-state index contributed by atoms with van der Waals surface area (Å²) in [5.41, 5.74) is 1.85. The number of nitrogens with one attached hydrogen (secondary N) is 3. The molecule has 1 aliphatic rings. The summed E-state index contributed by atoms with van der Waals surface area (Å²) in [4.78, 5) is 16.4. The Kier molecular flexibility index (Phi) is 12.9. The summed E-state index contributed by atoms with van der Waals surface area (Å²) in [6, 6.07) is 7.81. The first-order chi connectivity index (χ1) is 13.6. The molecule has 1 heterocycles. The number of aliphatic imine (C=N–C) groups is 1. The highest BCUT2D eigenvalue weighted by Gasteiger charge is 2.23. The van der Waals surface area contributed by atoms with Crippen molar-refractivity contribution in [2.45, 2.75) is 45.8 Å². The van der Waals surface area contributed by atoms with E-state index in [1.54, 1.807) is 7.05 Å². The van der Waals surface area contributed by atoms with Crippen LogP contribution >= 0.6 is 24.0 Å². The van der Waals surface area contributed by atoms with E-state index in [9.17, 15) is 4.79 Å². The number of anilines is 1. The molecule has 3 N–H and O–H groups in total. The standard InChI is InChI=1S/C21H34N4O3.HI/c1-16(2)15-27-11-6-10-23-21(22-3)24-14-17-7-4-8-18(13-17)25-20(26)19-9-5-12-28-19;/h4,7-8,13,16,19H,5-6,9-12,14-15H2,1-3H3,(H,25,26)(H2,22,23,24);1H. The van der Waals surface area contributed by atoms with Crippen LogP contribution in [0.1, 0.15) is 38.7 Å². The van der Waals surface area contributed by atoms with Gasteiger partial charge in [0.1, 0.15) is 6.10 Å². The lowest BCUT2D eigenvalue weighted by molar-refractivity contribution is -0.124. The van der Waals surface area contributed by atoms with E-state index in [0.717, 1.165) is 56.2 Å². The summed E-state index contributed by atoms with van der Waals surface area (Å²) < 4.78 is 11.0. The van der Waals surface area contributed by atoms with Gasteiger partial charge < -0.3 is 25.4 Å². The molecule has 2 rings (SSSR count). The van der Waals surface area contributed by atoms with Crippen molar-refractivity contribution in [1.82, 2.24) is 10.6 Å². The Bertz CT molecular complexity index is 634. The number of amides is 1. The SMILES string of the molecule is CN=C(NCCCOCC(C)C)NCc1cccc(NC(=O)C2CCCO2)c1.I. The molecule has 1 aromatic rings. The number of hydrogen-bond acceptors (Lipinski definition) is 4. The van der Waals surface area contributed by atoms with E-state index >= 15 is 0 Å². The molecule has 1 aromatic carbocycles. The number of carbonyl (C=O) groups is 1. The maximum absolute atomic E-state index is 12.2. The minimum absolute atomic E-state index is 0. The van der Waals surface area contributed by atoms with Crippen LogP contribution in [0, 0.1) is 5.92 Å². The van der Waals surface area contributed by atoms with E-state index in [4.69, 9.17) is 9.47 Å². The fraction of sp³-hybridized carbons (Fsp3) is 0.619. The van der Waals surface area contributed by atoms with Gasteiger partial charge in [-0.05, 0) is 42.9 Å². The highest BCUT2D eigenvalue weighted by molar-refractivity contribution is 14.0. The number of rotatable bonds is 10. The summed E-state index contributed by atoms with van der Waals surface area (Å²) in [6.45, 7) is 7.92. The molecule has 1 unspecified atom stereocenters. The molecule has 1 saturated heterocycles. The van der Waals surface area contributed by atoms with Gasteiger partial charge in [-0.15, -0.1) is 24.0 Å². The van der Waals surface area contributed by atoms with Gasteiger partial charge in [-0.1, -0.05) is 26.0 Å². The zero-order valence-corrected chi connectivity index (χ0v) is 20.0. The average Bonchev–Trinajstić information content (AvgIpc) is 3.22. The van der Waals surface area contributed by atoms with E-state index in [0.29, 0.717) is 19.1 Å². The molecule has 1 aliphatic heterocycles. The first-order valence-electron chi connectivity index (χ1n) is 10.1. The second-order valence-corrected chi connectivity index (χ2v) is 7.37. The van der Waals surface area contributed by atoms with Crippen molar-refractivity contribution in [2.24, 2.45) is 10.9 Å². The van der Waals surface area contributed by atoms with Crippen molar-refractivity contribution >= 4 is 41.5 Å². The zero-order chi connectivity index (χ0) is 20.2. The molecule has 0 bridgehead atoms. The number of guanidine groups is 1. The lowest BCUT2D eigenvalue weighted by Gasteiger charge is -2.14. The number of carbonyl (C=O) groups excluding carboxylic acids is 1. The number of ether oxygens (including phenoxy) is 2. The molecule has 7 nitrogen and oxygen atoms in total. The van der Waals surface area contributed by atoms with Crippen LogP contribution in [0.5, 0.6) is 0 Å². The highest BCUT2D eigenvalue weighted by atomic mass is 127. The van der Waals surface area contributed by atoms with E-state index in [1.165, 1.54) is 0 Å². The molecule has 0 radical (unpaired) electrons. The van der Waals surface area contributed by atoms with Gasteiger partial charge >= 0.3 is 0 Å². The van der Waals surface area contributed by atoms with Crippen molar-refractivity contribution in [1.29, 1.82) is 0 Å². The average molecular weight is 518 g/mol. The molecule has 1 amide bonds. The largest absolute Gasteiger partial charge is 0.381 e. The predicted octanol–water partition coefficient (Wildman–Crippen LogP) is 3.15. The predicted molar refractivity (Wildman–Crippen MR) is 128 cm³/mol. The molecule has 8 heteroatoms. The van der Waals surface area contributed by atoms with Crippen LogP contribution in [-0.4, -0.2) is 51.4 Å². The molecule has 0 aromatic heterocycles. The maximum Gasteiger partial charge on any atom is 0.253 e. The van der Waals surface area contributed by atoms with E-state index < -0.39 is 0 Å². The van der Waals surface area contributed by atoms with Gasteiger partial charge in [-0.3, -0.25) is 9.79 Å². The van der Waals surface area contributed by atoms with Gasteiger partial charge in [0, 0.05) is 45.6 Å². The van der Waals surface area contributed by atoms with Gasteiger partial charge in [0.05, 0.1) is 0 Å². The van der Waals surface area contributed by atoms with Crippen LogP contribution in [0.3, 0.4) is 0 Å². The van der Waals surface area contributed by atoms with Crippen LogP contribution in [-0.2, 0) is 20.8 Å². The molecule has 1 fully saturated rings. The van der Waals surface area contributed by atoms with Crippen LogP contribution in [0.2, 0.25) is 0 Å². The second kappa shape index (κ2) is 14.6. The van der Waals surface area contributed by atoms with Crippen molar-refractivity contribution in [2.75, 3.05) is 38.7 Å². The minimum atomic E-state index is -0.325. The fourth-order valence-electron chi connectivity index (χ4n) is 2.87. The zero-order valence-electron chi connectivity index (χ0n) is 17.7. The maximum atomic E-state index is 12.2. The molecule has 0 aliphatic carbocycles. The normalized spacial score (nSPS) is 16.4. The Balaban J connectivity index is 0.00000420. The molecular formula is C21H35IN4O3. The quantitative estimate of drug-likeness (QED) is 0.192. The number of benzene rings is 1. The van der Waals surface area contributed by atoms with Gasteiger partial charge in [0.15, 0.2) is 5.96 Å². The van der Waals surface area contributed by atoms with Gasteiger partial charge in [-0.2, -0.15) is 0 Å². The lowest BCUT2D eigenvalue weighted by Crippen LogP contribution is -2.37. The smallest absolute Gasteiger partial charge is 0.253 e. The Labute approximate surface area is 191 Å². The summed E-state index contributed by atoms with van der Waals surface area (Å²) >= 11 is 0. The topological polar surface area (TPSA) is 84.0 Å². The molecule has 164 valence electrons. The van der Waals surface area contributed by atoms with Gasteiger partial charge in [-0.25, -0.2) is 0 Å². The van der Waals surface area contributed by atoms with Crippen molar-refractivity contribution in [3.8, 4) is 0 Å². The molecule has 1 atom stereocenters. The monoisotopic (exact) mass is 518 g/mol. The molecular weight excluding hydrogens is 483 g/mol. The van der Waals surface area contributed by atoms with E-state index in [2.05, 4.69) is 34.8 Å². The molecule has 0 spiro atoms. The number of hydrogen-bond donors (Lipinski definition) is 3. The van der Waals surface area contributed by atoms with Gasteiger partial charge in [0.2, 0.25) is 0 Å². The Morgan fingerprint density at radius 3 is 2.86 bits per heavy atom. The van der Waals surface area contributed by atoms with Crippen molar-refractivity contribution < 1.29 is 14.3 Å². The Hall–Kier alpha value is -1.39. The summed E-state index contributed by atoms with van der Waals surface area (Å²) in [6.07, 6.45) is 2.34. The first kappa shape index (κ1) is 25.6. The van der Waals surface area contributed by atoms with Gasteiger partial charge in [0.25, 0.3) is 5.91 Å². The third kappa shape index (κ3) is 10.3.